The number of benzene rings is 1. The third-order valence-corrected chi connectivity index (χ3v) is 5.62. The molecule has 2 saturated heterocycles. The first-order valence-electron chi connectivity index (χ1n) is 9.23. The Labute approximate surface area is 150 Å². The third-order valence-electron chi connectivity index (χ3n) is 5.25. The summed E-state index contributed by atoms with van der Waals surface area (Å²) >= 11 is 6.27. The van der Waals surface area contributed by atoms with Gasteiger partial charge in [0.2, 0.25) is 0 Å². The number of guanidine groups is 1. The summed E-state index contributed by atoms with van der Waals surface area (Å²) in [6.45, 7) is 6.22. The Morgan fingerprint density at radius 3 is 2.50 bits per heavy atom. The smallest absolute Gasteiger partial charge is 0.191 e. The van der Waals surface area contributed by atoms with Crippen LogP contribution in [0, 0.1) is 5.92 Å². The molecule has 1 aromatic rings. The summed E-state index contributed by atoms with van der Waals surface area (Å²) in [6, 6.07) is 8.15. The highest BCUT2D eigenvalue weighted by Gasteiger charge is 2.20. The minimum Gasteiger partial charge on any atom is -0.370 e. The molecule has 132 valence electrons. The zero-order valence-electron chi connectivity index (χ0n) is 14.5. The molecule has 24 heavy (non-hydrogen) atoms. The predicted molar refractivity (Wildman–Crippen MR) is 101 cm³/mol. The molecule has 0 saturated carbocycles. The number of halogens is 1. The Morgan fingerprint density at radius 1 is 1.08 bits per heavy atom. The second kappa shape index (κ2) is 8.72. The number of piperidine rings is 2. The van der Waals surface area contributed by atoms with Crippen molar-refractivity contribution in [2.75, 3.05) is 32.7 Å². The largest absolute Gasteiger partial charge is 0.370 e. The topological polar surface area (TPSA) is 44.9 Å². The van der Waals surface area contributed by atoms with Crippen LogP contribution in [0.25, 0.3) is 0 Å². The van der Waals surface area contributed by atoms with Crippen molar-refractivity contribution in [2.24, 2.45) is 16.6 Å². The van der Waals surface area contributed by atoms with E-state index in [2.05, 4.69) is 26.9 Å². The number of nitrogens with two attached hydrogens (primary N) is 1. The number of hydrogen-bond acceptors (Lipinski definition) is 2. The van der Waals surface area contributed by atoms with Gasteiger partial charge in [0.1, 0.15) is 0 Å². The summed E-state index contributed by atoms with van der Waals surface area (Å²) in [7, 11) is 0. The lowest BCUT2D eigenvalue weighted by Crippen LogP contribution is -2.41. The minimum atomic E-state index is 0.663. The van der Waals surface area contributed by atoms with Crippen molar-refractivity contribution >= 4 is 17.6 Å². The Bertz CT molecular complexity index is 546. The maximum absolute atomic E-state index is 6.27. The van der Waals surface area contributed by atoms with Crippen LogP contribution < -0.4 is 5.73 Å². The molecular formula is C19H29ClN4. The van der Waals surface area contributed by atoms with Gasteiger partial charge in [-0.25, -0.2) is 0 Å². The summed E-state index contributed by atoms with van der Waals surface area (Å²) in [5, 5.41) is 0.874. The van der Waals surface area contributed by atoms with Gasteiger partial charge in [-0.15, -0.1) is 0 Å². The van der Waals surface area contributed by atoms with Crippen LogP contribution in [-0.2, 0) is 6.54 Å². The summed E-state index contributed by atoms with van der Waals surface area (Å²) in [4.78, 5) is 9.42. The van der Waals surface area contributed by atoms with Crippen molar-refractivity contribution in [1.29, 1.82) is 0 Å². The fraction of sp³-hybridized carbons (Fsp3) is 0.632. The highest BCUT2D eigenvalue weighted by atomic mass is 35.5. The molecule has 0 aromatic heterocycles. The first kappa shape index (κ1) is 17.6. The van der Waals surface area contributed by atoms with Gasteiger partial charge in [0.05, 0.1) is 0 Å². The zero-order valence-corrected chi connectivity index (χ0v) is 15.2. The van der Waals surface area contributed by atoms with E-state index in [9.17, 15) is 0 Å². The Balaban J connectivity index is 1.42. The SMILES string of the molecule is NC(=NCC1CCN(Cc2ccccc2Cl)CC1)N1CCCCC1. The van der Waals surface area contributed by atoms with E-state index >= 15 is 0 Å². The lowest BCUT2D eigenvalue weighted by Gasteiger charge is -2.32. The highest BCUT2D eigenvalue weighted by molar-refractivity contribution is 6.31. The minimum absolute atomic E-state index is 0.663. The van der Waals surface area contributed by atoms with Gasteiger partial charge >= 0.3 is 0 Å². The number of nitrogens with zero attached hydrogens (tertiary/aromatic N) is 3. The standard InChI is InChI=1S/C19H29ClN4/c20-18-7-3-2-6-17(18)15-23-12-8-16(9-13-23)14-22-19(21)24-10-4-1-5-11-24/h2-3,6-7,16H,1,4-5,8-15H2,(H2,21,22). The number of hydrogen-bond donors (Lipinski definition) is 1. The predicted octanol–water partition coefficient (Wildman–Crippen LogP) is 3.35. The molecule has 0 atom stereocenters. The molecule has 0 unspecified atom stereocenters. The second-order valence-corrected chi connectivity index (χ2v) is 7.46. The fourth-order valence-electron chi connectivity index (χ4n) is 3.64. The van der Waals surface area contributed by atoms with Crippen LogP contribution in [-0.4, -0.2) is 48.5 Å². The van der Waals surface area contributed by atoms with Gasteiger partial charge < -0.3 is 10.6 Å². The second-order valence-electron chi connectivity index (χ2n) is 7.06. The Morgan fingerprint density at radius 2 is 1.79 bits per heavy atom. The quantitative estimate of drug-likeness (QED) is 0.670. The third kappa shape index (κ3) is 4.87. The monoisotopic (exact) mass is 348 g/mol. The maximum atomic E-state index is 6.27. The average Bonchev–Trinajstić information content (AvgIpc) is 2.63. The van der Waals surface area contributed by atoms with E-state index in [1.54, 1.807) is 0 Å². The van der Waals surface area contributed by atoms with Crippen LogP contribution in [0.5, 0.6) is 0 Å². The lowest BCUT2D eigenvalue weighted by atomic mass is 9.96. The molecule has 2 N–H and O–H groups in total. The van der Waals surface area contributed by atoms with E-state index in [4.69, 9.17) is 17.3 Å². The van der Waals surface area contributed by atoms with Gasteiger partial charge in [0, 0.05) is 31.2 Å². The number of rotatable bonds is 4. The van der Waals surface area contributed by atoms with Crippen LogP contribution >= 0.6 is 11.6 Å². The van der Waals surface area contributed by atoms with Gasteiger partial charge in [-0.1, -0.05) is 29.8 Å². The molecule has 3 rings (SSSR count). The molecule has 4 nitrogen and oxygen atoms in total. The molecule has 2 fully saturated rings. The fourth-order valence-corrected chi connectivity index (χ4v) is 3.84. The maximum Gasteiger partial charge on any atom is 0.191 e. The van der Waals surface area contributed by atoms with Crippen molar-refractivity contribution in [2.45, 2.75) is 38.6 Å². The molecule has 0 aliphatic carbocycles. The molecule has 0 radical (unpaired) electrons. The molecule has 0 amide bonds. The van der Waals surface area contributed by atoms with Gasteiger partial charge in [0.25, 0.3) is 0 Å². The van der Waals surface area contributed by atoms with Gasteiger partial charge in [-0.2, -0.15) is 0 Å². The molecule has 2 heterocycles. The van der Waals surface area contributed by atoms with Crippen molar-refractivity contribution in [3.63, 3.8) is 0 Å². The van der Waals surface area contributed by atoms with Crippen molar-refractivity contribution in [3.05, 3.63) is 34.9 Å². The first-order chi connectivity index (χ1) is 11.7. The van der Waals surface area contributed by atoms with Crippen molar-refractivity contribution < 1.29 is 0 Å². The molecule has 0 bridgehead atoms. The molecular weight excluding hydrogens is 320 g/mol. The first-order valence-corrected chi connectivity index (χ1v) is 9.61. The molecule has 2 aliphatic rings. The normalized spacial score (nSPS) is 21.2. The summed E-state index contributed by atoms with van der Waals surface area (Å²) in [5.74, 6) is 1.42. The van der Waals surface area contributed by atoms with Crippen LogP contribution in [0.2, 0.25) is 5.02 Å². The van der Waals surface area contributed by atoms with Crippen molar-refractivity contribution in [1.82, 2.24) is 9.80 Å². The molecule has 2 aliphatic heterocycles. The number of aliphatic imine (C=N–C) groups is 1. The van der Waals surface area contributed by atoms with Gasteiger partial charge in [-0.05, 0) is 62.7 Å². The zero-order chi connectivity index (χ0) is 16.8. The van der Waals surface area contributed by atoms with E-state index in [0.29, 0.717) is 5.92 Å². The average molecular weight is 349 g/mol. The van der Waals surface area contributed by atoms with Crippen molar-refractivity contribution in [3.8, 4) is 0 Å². The van der Waals surface area contributed by atoms with E-state index in [1.807, 2.05) is 12.1 Å². The van der Waals surface area contributed by atoms with E-state index in [1.165, 1.54) is 37.7 Å². The Hall–Kier alpha value is -1.26. The summed E-state index contributed by atoms with van der Waals surface area (Å²) < 4.78 is 0. The van der Waals surface area contributed by atoms with Gasteiger partial charge in [0.15, 0.2) is 5.96 Å². The van der Waals surface area contributed by atoms with Crippen LogP contribution in [0.15, 0.2) is 29.3 Å². The van der Waals surface area contributed by atoms with Crippen LogP contribution in [0.4, 0.5) is 0 Å². The Kier molecular flexibility index (Phi) is 6.38. The van der Waals surface area contributed by atoms with E-state index < -0.39 is 0 Å². The molecule has 0 spiro atoms. The summed E-state index contributed by atoms with van der Waals surface area (Å²) in [6.07, 6.45) is 6.21. The highest BCUT2D eigenvalue weighted by Crippen LogP contribution is 2.22. The molecule has 1 aromatic carbocycles. The molecule has 5 heteroatoms. The number of likely N-dealkylation sites (tertiary alicyclic amines) is 2. The lowest BCUT2D eigenvalue weighted by molar-refractivity contribution is 0.180. The van der Waals surface area contributed by atoms with Crippen LogP contribution in [0.1, 0.15) is 37.7 Å². The van der Waals surface area contributed by atoms with E-state index in [-0.39, 0.29) is 0 Å². The van der Waals surface area contributed by atoms with Gasteiger partial charge in [-0.3, -0.25) is 9.89 Å². The summed E-state index contributed by atoms with van der Waals surface area (Å²) in [5.41, 5.74) is 7.39. The van der Waals surface area contributed by atoms with Crippen LogP contribution in [0.3, 0.4) is 0 Å². The van der Waals surface area contributed by atoms with E-state index in [0.717, 1.165) is 50.3 Å².